The Morgan fingerprint density at radius 1 is 1.31 bits per heavy atom. The van der Waals surface area contributed by atoms with Gasteiger partial charge in [0.15, 0.2) is 0 Å². The van der Waals surface area contributed by atoms with Crippen LogP contribution in [0.4, 0.5) is 0 Å². The van der Waals surface area contributed by atoms with E-state index in [1.54, 1.807) is 0 Å². The molecule has 1 aromatic carbocycles. The minimum absolute atomic E-state index is 0.506. The molecule has 2 unspecified atom stereocenters. The van der Waals surface area contributed by atoms with Gasteiger partial charge in [-0.2, -0.15) is 0 Å². The summed E-state index contributed by atoms with van der Waals surface area (Å²) in [6.45, 7) is 3.32. The summed E-state index contributed by atoms with van der Waals surface area (Å²) in [5.41, 5.74) is 3.00. The Morgan fingerprint density at radius 2 is 2.06 bits per heavy atom. The van der Waals surface area contributed by atoms with E-state index in [-0.39, 0.29) is 0 Å². The first kappa shape index (κ1) is 11.6. The van der Waals surface area contributed by atoms with Gasteiger partial charge < -0.3 is 10.2 Å². The van der Waals surface area contributed by atoms with Crippen molar-refractivity contribution in [3.8, 4) is 0 Å². The fourth-order valence-electron chi connectivity index (χ4n) is 2.60. The summed E-state index contributed by atoms with van der Waals surface area (Å²) < 4.78 is 0. The van der Waals surface area contributed by atoms with E-state index in [9.17, 15) is 0 Å². The van der Waals surface area contributed by atoms with Crippen LogP contribution in [0.15, 0.2) is 24.3 Å². The lowest BCUT2D eigenvalue weighted by Gasteiger charge is -2.27. The SMILES string of the molecule is CCCNC1c2ccccc2CC1N(C)C. The van der Waals surface area contributed by atoms with E-state index in [0.29, 0.717) is 12.1 Å². The average Bonchev–Trinajstić information content (AvgIpc) is 2.65. The summed E-state index contributed by atoms with van der Waals surface area (Å²) in [4.78, 5) is 2.34. The smallest absolute Gasteiger partial charge is 0.0483 e. The Balaban J connectivity index is 2.21. The van der Waals surface area contributed by atoms with Crippen LogP contribution in [0.1, 0.15) is 30.5 Å². The van der Waals surface area contributed by atoms with Gasteiger partial charge in [0, 0.05) is 12.1 Å². The third-order valence-electron chi connectivity index (χ3n) is 3.48. The molecule has 0 radical (unpaired) electrons. The molecule has 0 fully saturated rings. The Morgan fingerprint density at radius 3 is 2.75 bits per heavy atom. The van der Waals surface area contributed by atoms with Crippen molar-refractivity contribution in [2.24, 2.45) is 0 Å². The Bertz CT molecular complexity index is 346. The molecule has 88 valence electrons. The zero-order valence-electron chi connectivity index (χ0n) is 10.5. The Hall–Kier alpha value is -0.860. The second kappa shape index (κ2) is 4.98. The Kier molecular flexibility index (Phi) is 3.62. The molecular formula is C14H22N2. The number of benzene rings is 1. The molecule has 1 aliphatic rings. The summed E-state index contributed by atoms with van der Waals surface area (Å²) in [7, 11) is 4.36. The van der Waals surface area contributed by atoms with E-state index < -0.39 is 0 Å². The van der Waals surface area contributed by atoms with Crippen molar-refractivity contribution in [1.82, 2.24) is 10.2 Å². The summed E-state index contributed by atoms with van der Waals surface area (Å²) in [5, 5.41) is 3.68. The maximum absolute atomic E-state index is 3.68. The molecule has 0 saturated heterocycles. The number of rotatable bonds is 4. The van der Waals surface area contributed by atoms with Gasteiger partial charge in [0.25, 0.3) is 0 Å². The quantitative estimate of drug-likeness (QED) is 0.833. The lowest BCUT2D eigenvalue weighted by molar-refractivity contribution is 0.244. The van der Waals surface area contributed by atoms with Gasteiger partial charge in [-0.3, -0.25) is 0 Å². The van der Waals surface area contributed by atoms with Crippen LogP contribution in [-0.2, 0) is 6.42 Å². The highest BCUT2D eigenvalue weighted by Gasteiger charge is 2.32. The van der Waals surface area contributed by atoms with Gasteiger partial charge in [0.2, 0.25) is 0 Å². The van der Waals surface area contributed by atoms with Crippen LogP contribution in [0.3, 0.4) is 0 Å². The molecule has 1 aliphatic carbocycles. The third-order valence-corrected chi connectivity index (χ3v) is 3.48. The number of hydrogen-bond donors (Lipinski definition) is 1. The molecule has 0 heterocycles. The second-order valence-corrected chi connectivity index (χ2v) is 4.87. The van der Waals surface area contributed by atoms with Crippen molar-refractivity contribution >= 4 is 0 Å². The van der Waals surface area contributed by atoms with Crippen molar-refractivity contribution < 1.29 is 0 Å². The summed E-state index contributed by atoms with van der Waals surface area (Å²) in [5.74, 6) is 0. The standard InChI is InChI=1S/C14H22N2/c1-4-9-15-14-12-8-6-5-7-11(12)10-13(14)16(2)3/h5-8,13-15H,4,9-10H2,1-3H3. The van der Waals surface area contributed by atoms with Crippen molar-refractivity contribution in [3.05, 3.63) is 35.4 Å². The zero-order valence-corrected chi connectivity index (χ0v) is 10.5. The van der Waals surface area contributed by atoms with E-state index in [4.69, 9.17) is 0 Å². The van der Waals surface area contributed by atoms with E-state index in [1.807, 2.05) is 0 Å². The van der Waals surface area contributed by atoms with E-state index >= 15 is 0 Å². The van der Waals surface area contributed by atoms with Gasteiger partial charge in [0.05, 0.1) is 0 Å². The molecule has 1 N–H and O–H groups in total. The molecule has 2 heteroatoms. The molecule has 16 heavy (non-hydrogen) atoms. The first-order valence-corrected chi connectivity index (χ1v) is 6.21. The fraction of sp³-hybridized carbons (Fsp3) is 0.571. The van der Waals surface area contributed by atoms with Gasteiger partial charge in [-0.1, -0.05) is 31.2 Å². The monoisotopic (exact) mass is 218 g/mol. The predicted octanol–water partition coefficient (Wildman–Crippen LogP) is 2.21. The van der Waals surface area contributed by atoms with Crippen LogP contribution in [0.5, 0.6) is 0 Å². The largest absolute Gasteiger partial charge is 0.309 e. The van der Waals surface area contributed by atoms with Crippen LogP contribution < -0.4 is 5.32 Å². The van der Waals surface area contributed by atoms with E-state index in [1.165, 1.54) is 24.0 Å². The molecule has 2 nitrogen and oxygen atoms in total. The topological polar surface area (TPSA) is 15.3 Å². The summed E-state index contributed by atoms with van der Waals surface area (Å²) in [6.07, 6.45) is 2.36. The molecule has 0 aromatic heterocycles. The normalized spacial score (nSPS) is 23.8. The minimum Gasteiger partial charge on any atom is -0.309 e. The maximum Gasteiger partial charge on any atom is 0.0483 e. The van der Waals surface area contributed by atoms with Gasteiger partial charge in [-0.25, -0.2) is 0 Å². The molecule has 2 atom stereocenters. The lowest BCUT2D eigenvalue weighted by Crippen LogP contribution is -2.38. The Labute approximate surface area is 98.7 Å². The first-order valence-electron chi connectivity index (χ1n) is 6.21. The van der Waals surface area contributed by atoms with Crippen molar-refractivity contribution in [2.75, 3.05) is 20.6 Å². The van der Waals surface area contributed by atoms with Crippen molar-refractivity contribution in [3.63, 3.8) is 0 Å². The fourth-order valence-corrected chi connectivity index (χ4v) is 2.60. The third kappa shape index (κ3) is 2.13. The highest BCUT2D eigenvalue weighted by molar-refractivity contribution is 5.37. The zero-order chi connectivity index (χ0) is 11.5. The van der Waals surface area contributed by atoms with Crippen molar-refractivity contribution in [1.29, 1.82) is 0 Å². The maximum atomic E-state index is 3.68. The van der Waals surface area contributed by atoms with Gasteiger partial charge in [-0.15, -0.1) is 0 Å². The summed E-state index contributed by atoms with van der Waals surface area (Å²) in [6, 6.07) is 9.94. The molecule has 0 spiro atoms. The number of likely N-dealkylation sites (N-methyl/N-ethyl adjacent to an activating group) is 1. The van der Waals surface area contributed by atoms with Crippen LogP contribution in [-0.4, -0.2) is 31.6 Å². The second-order valence-electron chi connectivity index (χ2n) is 4.87. The highest BCUT2D eigenvalue weighted by atomic mass is 15.1. The molecule has 0 aliphatic heterocycles. The van der Waals surface area contributed by atoms with Crippen LogP contribution in [0, 0.1) is 0 Å². The lowest BCUT2D eigenvalue weighted by atomic mass is 10.1. The number of hydrogen-bond acceptors (Lipinski definition) is 2. The van der Waals surface area contributed by atoms with Crippen LogP contribution >= 0.6 is 0 Å². The van der Waals surface area contributed by atoms with Gasteiger partial charge in [0.1, 0.15) is 0 Å². The van der Waals surface area contributed by atoms with E-state index in [2.05, 4.69) is 55.5 Å². The number of nitrogens with one attached hydrogen (secondary N) is 1. The van der Waals surface area contributed by atoms with Crippen molar-refractivity contribution in [2.45, 2.75) is 31.8 Å². The highest BCUT2D eigenvalue weighted by Crippen LogP contribution is 2.33. The summed E-state index contributed by atoms with van der Waals surface area (Å²) >= 11 is 0. The minimum atomic E-state index is 0.506. The molecule has 0 saturated carbocycles. The predicted molar refractivity (Wildman–Crippen MR) is 68.7 cm³/mol. The average molecular weight is 218 g/mol. The first-order chi connectivity index (χ1) is 7.74. The van der Waals surface area contributed by atoms with Crippen LogP contribution in [0.25, 0.3) is 0 Å². The van der Waals surface area contributed by atoms with Gasteiger partial charge >= 0.3 is 0 Å². The molecule has 0 amide bonds. The number of fused-ring (bicyclic) bond motifs is 1. The number of nitrogens with zero attached hydrogens (tertiary/aromatic N) is 1. The van der Waals surface area contributed by atoms with Gasteiger partial charge in [-0.05, 0) is 44.6 Å². The van der Waals surface area contributed by atoms with E-state index in [0.717, 1.165) is 6.54 Å². The molecule has 1 aromatic rings. The molecular weight excluding hydrogens is 196 g/mol. The molecule has 2 rings (SSSR count). The molecule has 0 bridgehead atoms. The van der Waals surface area contributed by atoms with Crippen LogP contribution in [0.2, 0.25) is 0 Å².